The lowest BCUT2D eigenvalue weighted by molar-refractivity contribution is -0.210. The van der Waals surface area contributed by atoms with Crippen LogP contribution in [0.4, 0.5) is 0 Å². The van der Waals surface area contributed by atoms with Gasteiger partial charge in [0.25, 0.3) is 0 Å². The Hall–Kier alpha value is -0.640. The number of rotatable bonds is 3. The lowest BCUT2D eigenvalue weighted by Crippen LogP contribution is -2.65. The third-order valence-electron chi connectivity index (χ3n) is 9.76. The van der Waals surface area contributed by atoms with Gasteiger partial charge in [-0.05, 0) is 73.5 Å². The second-order valence-electron chi connectivity index (χ2n) is 11.7. The van der Waals surface area contributed by atoms with E-state index in [0.717, 1.165) is 19.3 Å². The molecule has 4 aliphatic carbocycles. The smallest absolute Gasteiger partial charge is 0.102 e. The van der Waals surface area contributed by atoms with Crippen LogP contribution in [0.1, 0.15) is 79.6 Å². The van der Waals surface area contributed by atoms with Crippen LogP contribution in [0.2, 0.25) is 0 Å². The second-order valence-corrected chi connectivity index (χ2v) is 11.7. The molecule has 0 amide bonds. The zero-order chi connectivity index (χ0) is 21.2. The summed E-state index contributed by atoms with van der Waals surface area (Å²) in [7, 11) is 0. The van der Waals surface area contributed by atoms with Crippen molar-refractivity contribution in [2.45, 2.75) is 97.4 Å². The summed E-state index contributed by atoms with van der Waals surface area (Å²) in [4.78, 5) is 0. The van der Waals surface area contributed by atoms with E-state index in [0.29, 0.717) is 36.0 Å². The highest BCUT2D eigenvalue weighted by molar-refractivity contribution is 5.33. The zero-order valence-electron chi connectivity index (χ0n) is 19.1. The second kappa shape index (κ2) is 7.21. The van der Waals surface area contributed by atoms with Gasteiger partial charge in [0.2, 0.25) is 0 Å². The van der Waals surface area contributed by atoms with Gasteiger partial charge in [-0.2, -0.15) is 0 Å². The van der Waals surface area contributed by atoms with Gasteiger partial charge < -0.3 is 15.3 Å². The molecule has 0 spiro atoms. The SMILES string of the molecule is CC(C)C=CC(C)C1CCC2C3=CC(O)C4(O)CC(O)CCC4(C)C3CCC21C. The van der Waals surface area contributed by atoms with Crippen molar-refractivity contribution in [2.75, 3.05) is 0 Å². The van der Waals surface area contributed by atoms with E-state index in [-0.39, 0.29) is 10.8 Å². The van der Waals surface area contributed by atoms with Gasteiger partial charge in [0.1, 0.15) is 11.7 Å². The molecule has 3 N–H and O–H groups in total. The first-order valence-corrected chi connectivity index (χ1v) is 12.0. The number of aliphatic hydroxyl groups excluding tert-OH is 2. The number of hydrogen-bond acceptors (Lipinski definition) is 3. The van der Waals surface area contributed by atoms with Crippen molar-refractivity contribution in [3.63, 3.8) is 0 Å². The molecule has 9 unspecified atom stereocenters. The van der Waals surface area contributed by atoms with Gasteiger partial charge in [0.15, 0.2) is 0 Å². The Morgan fingerprint density at radius 2 is 1.69 bits per heavy atom. The third-order valence-corrected chi connectivity index (χ3v) is 9.76. The number of fused-ring (bicyclic) bond motifs is 5. The molecular weight excluding hydrogens is 360 g/mol. The molecule has 0 aliphatic heterocycles. The van der Waals surface area contributed by atoms with Gasteiger partial charge in [0, 0.05) is 11.8 Å². The van der Waals surface area contributed by atoms with Crippen LogP contribution in [-0.2, 0) is 0 Å². The van der Waals surface area contributed by atoms with Crippen molar-refractivity contribution >= 4 is 0 Å². The molecule has 3 nitrogen and oxygen atoms in total. The number of aliphatic hydroxyl groups is 3. The molecule has 0 saturated heterocycles. The predicted octanol–water partition coefficient (Wildman–Crippen LogP) is 4.86. The van der Waals surface area contributed by atoms with Crippen molar-refractivity contribution in [3.05, 3.63) is 23.8 Å². The van der Waals surface area contributed by atoms with Crippen LogP contribution in [0.3, 0.4) is 0 Å². The molecule has 3 fully saturated rings. The number of allylic oxidation sites excluding steroid dienone is 3. The first kappa shape index (κ1) is 21.6. The highest BCUT2D eigenvalue weighted by atomic mass is 16.3. The fourth-order valence-electron chi connectivity index (χ4n) is 7.98. The van der Waals surface area contributed by atoms with Crippen LogP contribution in [0.15, 0.2) is 23.8 Å². The highest BCUT2D eigenvalue weighted by Crippen LogP contribution is 2.67. The summed E-state index contributed by atoms with van der Waals surface area (Å²) < 4.78 is 0. The van der Waals surface area contributed by atoms with Crippen LogP contribution in [0, 0.1) is 40.4 Å². The summed E-state index contributed by atoms with van der Waals surface area (Å²) in [6, 6.07) is 0. The lowest BCUT2D eigenvalue weighted by Gasteiger charge is -2.62. The maximum Gasteiger partial charge on any atom is 0.102 e. The molecule has 9 atom stereocenters. The average molecular weight is 403 g/mol. The van der Waals surface area contributed by atoms with E-state index >= 15 is 0 Å². The van der Waals surface area contributed by atoms with Crippen molar-refractivity contribution < 1.29 is 15.3 Å². The molecule has 3 heteroatoms. The Balaban J connectivity index is 1.66. The van der Waals surface area contributed by atoms with Gasteiger partial charge in [-0.1, -0.05) is 58.4 Å². The van der Waals surface area contributed by atoms with E-state index in [1.807, 2.05) is 6.08 Å². The van der Waals surface area contributed by atoms with E-state index in [2.05, 4.69) is 46.8 Å². The largest absolute Gasteiger partial charge is 0.393 e. The van der Waals surface area contributed by atoms with Crippen LogP contribution >= 0.6 is 0 Å². The van der Waals surface area contributed by atoms with Crippen LogP contribution in [0.25, 0.3) is 0 Å². The standard InChI is InChI=1S/C26H42O3/c1-16(2)6-7-17(3)20-8-9-21-19-14-23(28)26(29)15-18(27)10-13-25(26,5)22(19)11-12-24(20,21)4/h6-7,14,16-18,20-23,27-29H,8-13,15H2,1-5H3. The fraction of sp³-hybridized carbons (Fsp3) is 0.846. The summed E-state index contributed by atoms with van der Waals surface area (Å²) in [5, 5.41) is 32.8. The summed E-state index contributed by atoms with van der Waals surface area (Å²) >= 11 is 0. The molecule has 0 bridgehead atoms. The topological polar surface area (TPSA) is 60.7 Å². The third kappa shape index (κ3) is 3.10. The van der Waals surface area contributed by atoms with Crippen LogP contribution in [-0.4, -0.2) is 33.1 Å². The Bertz CT molecular complexity index is 696. The molecule has 164 valence electrons. The summed E-state index contributed by atoms with van der Waals surface area (Å²) in [6.07, 6.45) is 12.0. The molecule has 3 saturated carbocycles. The van der Waals surface area contributed by atoms with E-state index in [9.17, 15) is 15.3 Å². The molecule has 0 aromatic rings. The van der Waals surface area contributed by atoms with E-state index in [1.165, 1.54) is 24.8 Å². The minimum absolute atomic E-state index is 0.281. The Labute approximate surface area is 177 Å². The van der Waals surface area contributed by atoms with Crippen molar-refractivity contribution in [2.24, 2.45) is 40.4 Å². The average Bonchev–Trinajstić information content (AvgIpc) is 3.00. The van der Waals surface area contributed by atoms with E-state index in [1.54, 1.807) is 0 Å². The van der Waals surface area contributed by atoms with Gasteiger partial charge in [-0.25, -0.2) is 0 Å². The summed E-state index contributed by atoms with van der Waals surface area (Å²) in [5.74, 6) is 2.71. The van der Waals surface area contributed by atoms with Crippen molar-refractivity contribution in [3.8, 4) is 0 Å². The Morgan fingerprint density at radius 1 is 0.966 bits per heavy atom. The maximum atomic E-state index is 11.5. The maximum absolute atomic E-state index is 11.5. The quantitative estimate of drug-likeness (QED) is 0.591. The van der Waals surface area contributed by atoms with E-state index < -0.39 is 17.8 Å². The molecule has 29 heavy (non-hydrogen) atoms. The normalized spacial score (nSPS) is 50.8. The molecular formula is C26H42O3. The van der Waals surface area contributed by atoms with Gasteiger partial charge >= 0.3 is 0 Å². The summed E-state index contributed by atoms with van der Waals surface area (Å²) in [6.45, 7) is 11.5. The molecule has 0 heterocycles. The minimum Gasteiger partial charge on any atom is -0.393 e. The minimum atomic E-state index is -1.20. The van der Waals surface area contributed by atoms with Crippen LogP contribution in [0.5, 0.6) is 0 Å². The van der Waals surface area contributed by atoms with Gasteiger partial charge in [0.05, 0.1) is 6.10 Å². The molecule has 0 aromatic carbocycles. The first-order valence-electron chi connectivity index (χ1n) is 12.0. The first-order chi connectivity index (χ1) is 13.5. The predicted molar refractivity (Wildman–Crippen MR) is 117 cm³/mol. The van der Waals surface area contributed by atoms with Crippen molar-refractivity contribution in [1.29, 1.82) is 0 Å². The van der Waals surface area contributed by atoms with Crippen molar-refractivity contribution in [1.82, 2.24) is 0 Å². The lowest BCUT2D eigenvalue weighted by atomic mass is 9.45. The van der Waals surface area contributed by atoms with E-state index in [4.69, 9.17) is 0 Å². The molecule has 4 aliphatic rings. The molecule has 0 aromatic heterocycles. The highest BCUT2D eigenvalue weighted by Gasteiger charge is 2.64. The Kier molecular flexibility index (Phi) is 5.36. The summed E-state index contributed by atoms with van der Waals surface area (Å²) in [5.41, 5.74) is 0.177. The zero-order valence-corrected chi connectivity index (χ0v) is 19.1. The molecule has 4 rings (SSSR count). The monoisotopic (exact) mass is 402 g/mol. The van der Waals surface area contributed by atoms with Gasteiger partial charge in [-0.15, -0.1) is 0 Å². The Morgan fingerprint density at radius 3 is 2.38 bits per heavy atom. The van der Waals surface area contributed by atoms with Gasteiger partial charge in [-0.3, -0.25) is 0 Å². The number of hydrogen-bond donors (Lipinski definition) is 3. The fourth-order valence-corrected chi connectivity index (χ4v) is 7.98. The van der Waals surface area contributed by atoms with Crippen LogP contribution < -0.4 is 0 Å². The molecule has 0 radical (unpaired) electrons.